The van der Waals surface area contributed by atoms with E-state index in [1.54, 1.807) is 31.4 Å². The number of carbonyl (C=O) groups excluding carboxylic acids is 2. The molecule has 0 aliphatic heterocycles. The van der Waals surface area contributed by atoms with Crippen molar-refractivity contribution in [2.75, 3.05) is 13.7 Å². The predicted octanol–water partition coefficient (Wildman–Crippen LogP) is 4.52. The van der Waals surface area contributed by atoms with Gasteiger partial charge in [-0.25, -0.2) is 4.79 Å². The molecule has 1 aliphatic carbocycles. The second-order valence-corrected chi connectivity index (χ2v) is 7.46. The highest BCUT2D eigenvalue weighted by atomic mass is 35.5. The summed E-state index contributed by atoms with van der Waals surface area (Å²) in [5, 5.41) is 4.21. The second kappa shape index (κ2) is 8.17. The molecule has 2 aromatic carbocycles. The normalized spacial score (nSPS) is 14.4. The van der Waals surface area contributed by atoms with E-state index in [9.17, 15) is 9.59 Å². The number of ether oxygens (including phenoxy) is 2. The predicted molar refractivity (Wildman–Crippen MR) is 108 cm³/mol. The molecule has 1 aromatic heterocycles. The lowest BCUT2D eigenvalue weighted by molar-refractivity contribution is -0.125. The quantitative estimate of drug-likeness (QED) is 0.576. The molecule has 0 spiro atoms. The highest BCUT2D eigenvalue weighted by Crippen LogP contribution is 2.41. The van der Waals surface area contributed by atoms with Crippen LogP contribution in [0.3, 0.4) is 0 Å². The van der Waals surface area contributed by atoms with Gasteiger partial charge in [0.15, 0.2) is 6.61 Å². The number of nitrogens with one attached hydrogen (secondary N) is 1. The molecule has 150 valence electrons. The van der Waals surface area contributed by atoms with E-state index in [1.165, 1.54) is 0 Å². The monoisotopic (exact) mass is 413 g/mol. The summed E-state index contributed by atoms with van der Waals surface area (Å²) >= 11 is 5.94. The average molecular weight is 414 g/mol. The van der Waals surface area contributed by atoms with Crippen molar-refractivity contribution in [3.05, 3.63) is 64.9 Å². The van der Waals surface area contributed by atoms with Gasteiger partial charge in [0.05, 0.1) is 13.2 Å². The van der Waals surface area contributed by atoms with Crippen molar-refractivity contribution in [1.82, 2.24) is 5.32 Å². The van der Waals surface area contributed by atoms with Crippen molar-refractivity contribution in [2.45, 2.75) is 18.9 Å². The van der Waals surface area contributed by atoms with E-state index >= 15 is 0 Å². The Morgan fingerprint density at radius 3 is 2.62 bits per heavy atom. The van der Waals surface area contributed by atoms with E-state index in [0.29, 0.717) is 21.9 Å². The molecule has 6 nitrogen and oxygen atoms in total. The number of amides is 1. The van der Waals surface area contributed by atoms with E-state index in [1.807, 2.05) is 24.3 Å². The maximum Gasteiger partial charge on any atom is 0.374 e. The molecular formula is C22H20ClNO5. The zero-order valence-electron chi connectivity index (χ0n) is 15.8. The molecule has 0 saturated heterocycles. The summed E-state index contributed by atoms with van der Waals surface area (Å²) in [4.78, 5) is 24.6. The first kappa shape index (κ1) is 19.3. The molecule has 1 unspecified atom stereocenters. The average Bonchev–Trinajstić information content (AvgIpc) is 3.48. The molecule has 4 rings (SSSR count). The van der Waals surface area contributed by atoms with E-state index in [0.717, 1.165) is 24.2 Å². The van der Waals surface area contributed by atoms with E-state index in [-0.39, 0.29) is 24.3 Å². The maximum absolute atomic E-state index is 12.4. The smallest absolute Gasteiger partial charge is 0.374 e. The number of hydrogen-bond donors (Lipinski definition) is 1. The van der Waals surface area contributed by atoms with Crippen LogP contribution >= 0.6 is 11.6 Å². The molecule has 1 amide bonds. The summed E-state index contributed by atoms with van der Waals surface area (Å²) in [5.41, 5.74) is 1.53. The minimum Gasteiger partial charge on any atom is -0.497 e. The van der Waals surface area contributed by atoms with Crippen molar-refractivity contribution in [3.63, 3.8) is 0 Å². The van der Waals surface area contributed by atoms with Crippen molar-refractivity contribution < 1.29 is 23.5 Å². The highest BCUT2D eigenvalue weighted by Gasteiger charge is 2.33. The number of furan rings is 1. The van der Waals surface area contributed by atoms with Gasteiger partial charge in [-0.2, -0.15) is 0 Å². The number of fused-ring (bicyclic) bond motifs is 1. The number of esters is 1. The summed E-state index contributed by atoms with van der Waals surface area (Å²) in [6.45, 7) is -0.379. The summed E-state index contributed by atoms with van der Waals surface area (Å²) < 4.78 is 15.8. The van der Waals surface area contributed by atoms with E-state index in [4.69, 9.17) is 25.5 Å². The Morgan fingerprint density at radius 1 is 1.17 bits per heavy atom. The summed E-state index contributed by atoms with van der Waals surface area (Å²) in [5.74, 6) is 0.132. The lowest BCUT2D eigenvalue weighted by Crippen LogP contribution is -2.33. The van der Waals surface area contributed by atoms with Crippen LogP contribution < -0.4 is 10.1 Å². The Labute approximate surface area is 172 Å². The largest absolute Gasteiger partial charge is 0.497 e. The molecule has 1 N–H and O–H groups in total. The molecule has 7 heteroatoms. The van der Waals surface area contributed by atoms with Crippen molar-refractivity contribution in [1.29, 1.82) is 0 Å². The van der Waals surface area contributed by atoms with Crippen LogP contribution in [0.15, 0.2) is 52.9 Å². The van der Waals surface area contributed by atoms with Crippen LogP contribution in [0.1, 0.15) is 35.0 Å². The van der Waals surface area contributed by atoms with Crippen molar-refractivity contribution in [2.24, 2.45) is 5.92 Å². The number of benzene rings is 2. The fourth-order valence-electron chi connectivity index (χ4n) is 3.25. The fourth-order valence-corrected chi connectivity index (χ4v) is 3.43. The third-order valence-corrected chi connectivity index (χ3v) is 5.13. The van der Waals surface area contributed by atoms with Crippen LogP contribution in [0.4, 0.5) is 0 Å². The SMILES string of the molecule is COc1ccc(C(NC(=O)COC(=O)c2cc3cc(Cl)ccc3o2)C2CC2)cc1. The van der Waals surface area contributed by atoms with Crippen LogP contribution in [0, 0.1) is 5.92 Å². The lowest BCUT2D eigenvalue weighted by Gasteiger charge is -2.19. The summed E-state index contributed by atoms with van der Waals surface area (Å²) in [6, 6.07) is 14.1. The van der Waals surface area contributed by atoms with Gasteiger partial charge < -0.3 is 19.2 Å². The Kier molecular flexibility index (Phi) is 5.45. The Morgan fingerprint density at radius 2 is 1.93 bits per heavy atom. The third-order valence-electron chi connectivity index (χ3n) is 4.90. The number of hydrogen-bond acceptors (Lipinski definition) is 5. The first-order valence-electron chi connectivity index (χ1n) is 9.33. The number of carbonyl (C=O) groups is 2. The van der Waals surface area contributed by atoms with E-state index < -0.39 is 5.97 Å². The van der Waals surface area contributed by atoms with Crippen LogP contribution in [0.25, 0.3) is 11.0 Å². The molecular weight excluding hydrogens is 394 g/mol. The Hall–Kier alpha value is -2.99. The van der Waals surface area contributed by atoms with Crippen molar-refractivity contribution >= 4 is 34.4 Å². The van der Waals surface area contributed by atoms with Crippen LogP contribution in [0.2, 0.25) is 5.02 Å². The van der Waals surface area contributed by atoms with Gasteiger partial charge in [0.1, 0.15) is 11.3 Å². The Balaban J connectivity index is 1.36. The minimum atomic E-state index is -0.695. The fraction of sp³-hybridized carbons (Fsp3) is 0.273. The van der Waals surface area contributed by atoms with Gasteiger partial charge in [0.25, 0.3) is 5.91 Å². The number of rotatable bonds is 7. The Bertz CT molecular complexity index is 1040. The summed E-state index contributed by atoms with van der Waals surface area (Å²) in [7, 11) is 1.61. The molecule has 0 radical (unpaired) electrons. The molecule has 29 heavy (non-hydrogen) atoms. The van der Waals surface area contributed by atoms with Crippen LogP contribution in [0.5, 0.6) is 5.75 Å². The van der Waals surface area contributed by atoms with Gasteiger partial charge in [-0.1, -0.05) is 23.7 Å². The standard InChI is InChI=1S/C22H20ClNO5/c1-27-17-7-4-14(5-8-17)21(13-2-3-13)24-20(25)12-28-22(26)19-11-15-10-16(23)6-9-18(15)29-19/h4-11,13,21H,2-3,12H2,1H3,(H,24,25). The topological polar surface area (TPSA) is 77.8 Å². The zero-order valence-corrected chi connectivity index (χ0v) is 16.6. The first-order valence-corrected chi connectivity index (χ1v) is 9.71. The molecule has 1 atom stereocenters. The van der Waals surface area contributed by atoms with Crippen molar-refractivity contribution in [3.8, 4) is 5.75 Å². The first-order chi connectivity index (χ1) is 14.0. The zero-order chi connectivity index (χ0) is 20.4. The maximum atomic E-state index is 12.4. The number of methoxy groups -OCH3 is 1. The molecule has 1 aliphatic rings. The van der Waals surface area contributed by atoms with Gasteiger partial charge in [-0.05, 0) is 60.7 Å². The highest BCUT2D eigenvalue weighted by molar-refractivity contribution is 6.31. The molecule has 1 fully saturated rings. The van der Waals surface area contributed by atoms with Gasteiger partial charge >= 0.3 is 5.97 Å². The van der Waals surface area contributed by atoms with Gasteiger partial charge in [-0.15, -0.1) is 0 Å². The van der Waals surface area contributed by atoms with Crippen LogP contribution in [-0.4, -0.2) is 25.6 Å². The molecule has 3 aromatic rings. The molecule has 0 bridgehead atoms. The van der Waals surface area contributed by atoms with E-state index in [2.05, 4.69) is 5.32 Å². The van der Waals surface area contributed by atoms with Crippen LogP contribution in [-0.2, 0) is 9.53 Å². The molecule has 1 saturated carbocycles. The molecule has 1 heterocycles. The van der Waals surface area contributed by atoms with Gasteiger partial charge in [0.2, 0.25) is 5.76 Å². The summed E-state index contributed by atoms with van der Waals surface area (Å²) in [6.07, 6.45) is 2.11. The van der Waals surface area contributed by atoms with Gasteiger partial charge in [0, 0.05) is 10.4 Å². The minimum absolute atomic E-state index is 0.0314. The lowest BCUT2D eigenvalue weighted by atomic mass is 10.0. The third kappa shape index (κ3) is 4.54. The number of halogens is 1. The van der Waals surface area contributed by atoms with Gasteiger partial charge in [-0.3, -0.25) is 4.79 Å². The second-order valence-electron chi connectivity index (χ2n) is 7.02.